The third-order valence-corrected chi connectivity index (χ3v) is 3.52. The van der Waals surface area contributed by atoms with Crippen LogP contribution in [0.2, 0.25) is 0 Å². The van der Waals surface area contributed by atoms with Gasteiger partial charge in [-0.1, -0.05) is 28.1 Å². The second kappa shape index (κ2) is 5.31. The molecule has 0 aliphatic rings. The second-order valence-electron chi connectivity index (χ2n) is 4.09. The van der Waals surface area contributed by atoms with Crippen LogP contribution < -0.4 is 5.32 Å². The normalized spacial score (nSPS) is 10.2. The van der Waals surface area contributed by atoms with Gasteiger partial charge in [0.15, 0.2) is 0 Å². The highest BCUT2D eigenvalue weighted by Gasteiger charge is 2.11. The summed E-state index contributed by atoms with van der Waals surface area (Å²) >= 11 is 3.41. The van der Waals surface area contributed by atoms with Crippen molar-refractivity contribution in [2.75, 3.05) is 5.32 Å². The van der Waals surface area contributed by atoms with E-state index < -0.39 is 0 Å². The number of amides is 1. The first kappa shape index (κ1) is 12.8. The lowest BCUT2D eigenvalue weighted by Crippen LogP contribution is -2.14. The molecule has 1 heterocycles. The molecule has 1 aromatic carbocycles. The maximum absolute atomic E-state index is 12.1. The summed E-state index contributed by atoms with van der Waals surface area (Å²) in [4.78, 5) is 16.3. The number of halogens is 1. The summed E-state index contributed by atoms with van der Waals surface area (Å²) in [5, 5.41) is 2.78. The highest BCUT2D eigenvalue weighted by Crippen LogP contribution is 2.20. The van der Waals surface area contributed by atoms with Crippen molar-refractivity contribution in [1.29, 1.82) is 0 Å². The molecule has 0 spiro atoms. The standard InChI is InChI=1S/C14H13BrN2O/c1-9-6-7-13(16-8-9)17-14(18)11-4-3-5-12(15)10(11)2/h3-8H,1-2H3,(H,16,17,18). The molecule has 2 rings (SSSR count). The van der Waals surface area contributed by atoms with Crippen molar-refractivity contribution >= 4 is 27.7 Å². The number of nitrogens with one attached hydrogen (secondary N) is 1. The largest absolute Gasteiger partial charge is 0.307 e. The molecule has 92 valence electrons. The van der Waals surface area contributed by atoms with E-state index in [9.17, 15) is 4.79 Å². The molecule has 2 aromatic rings. The minimum absolute atomic E-state index is 0.148. The number of carbonyl (C=O) groups is 1. The van der Waals surface area contributed by atoms with Crippen LogP contribution in [0.5, 0.6) is 0 Å². The lowest BCUT2D eigenvalue weighted by atomic mass is 10.1. The van der Waals surface area contributed by atoms with Crippen molar-refractivity contribution in [2.24, 2.45) is 0 Å². The Bertz CT molecular complexity index is 579. The van der Waals surface area contributed by atoms with Gasteiger partial charge in [0.2, 0.25) is 0 Å². The summed E-state index contributed by atoms with van der Waals surface area (Å²) < 4.78 is 0.923. The first-order valence-electron chi connectivity index (χ1n) is 5.57. The van der Waals surface area contributed by atoms with Gasteiger partial charge in [-0.3, -0.25) is 4.79 Å². The van der Waals surface area contributed by atoms with E-state index in [1.165, 1.54) is 0 Å². The first-order valence-corrected chi connectivity index (χ1v) is 6.36. The Labute approximate surface area is 114 Å². The van der Waals surface area contributed by atoms with Gasteiger partial charge in [0.25, 0.3) is 5.91 Å². The summed E-state index contributed by atoms with van der Waals surface area (Å²) in [7, 11) is 0. The summed E-state index contributed by atoms with van der Waals surface area (Å²) in [6, 6.07) is 9.26. The van der Waals surface area contributed by atoms with Gasteiger partial charge < -0.3 is 5.32 Å². The summed E-state index contributed by atoms with van der Waals surface area (Å²) in [5.74, 6) is 0.412. The van der Waals surface area contributed by atoms with Crippen molar-refractivity contribution in [3.05, 3.63) is 57.7 Å². The van der Waals surface area contributed by atoms with Gasteiger partial charge in [-0.2, -0.15) is 0 Å². The Morgan fingerprint density at radius 2 is 2.00 bits per heavy atom. The van der Waals surface area contributed by atoms with Crippen molar-refractivity contribution < 1.29 is 4.79 Å². The van der Waals surface area contributed by atoms with E-state index >= 15 is 0 Å². The van der Waals surface area contributed by atoms with E-state index in [0.29, 0.717) is 11.4 Å². The molecule has 0 fully saturated rings. The van der Waals surface area contributed by atoms with Crippen LogP contribution >= 0.6 is 15.9 Å². The molecular formula is C14H13BrN2O. The predicted octanol–water partition coefficient (Wildman–Crippen LogP) is 3.71. The van der Waals surface area contributed by atoms with Gasteiger partial charge >= 0.3 is 0 Å². The average molecular weight is 305 g/mol. The lowest BCUT2D eigenvalue weighted by molar-refractivity contribution is 0.102. The lowest BCUT2D eigenvalue weighted by Gasteiger charge is -2.08. The Morgan fingerprint density at radius 3 is 2.67 bits per heavy atom. The molecule has 0 aliphatic carbocycles. The Kier molecular flexibility index (Phi) is 3.77. The third kappa shape index (κ3) is 2.76. The number of aryl methyl sites for hydroxylation is 1. The topological polar surface area (TPSA) is 42.0 Å². The second-order valence-corrected chi connectivity index (χ2v) is 4.94. The van der Waals surface area contributed by atoms with Crippen LogP contribution in [0.25, 0.3) is 0 Å². The molecule has 0 bridgehead atoms. The molecule has 18 heavy (non-hydrogen) atoms. The first-order chi connectivity index (χ1) is 8.58. The minimum Gasteiger partial charge on any atom is -0.307 e. The monoisotopic (exact) mass is 304 g/mol. The van der Waals surface area contributed by atoms with Crippen LogP contribution in [0, 0.1) is 13.8 Å². The van der Waals surface area contributed by atoms with Crippen LogP contribution in [0.3, 0.4) is 0 Å². The van der Waals surface area contributed by atoms with E-state index in [1.54, 1.807) is 18.3 Å². The number of rotatable bonds is 2. The Hall–Kier alpha value is -1.68. The molecule has 0 aliphatic heterocycles. The number of hydrogen-bond donors (Lipinski definition) is 1. The van der Waals surface area contributed by atoms with Crippen LogP contribution in [-0.4, -0.2) is 10.9 Å². The van der Waals surface area contributed by atoms with Gasteiger partial charge in [-0.05, 0) is 43.2 Å². The van der Waals surface area contributed by atoms with E-state index in [4.69, 9.17) is 0 Å². The summed E-state index contributed by atoms with van der Waals surface area (Å²) in [5.41, 5.74) is 2.63. The van der Waals surface area contributed by atoms with Crippen molar-refractivity contribution in [2.45, 2.75) is 13.8 Å². The fourth-order valence-corrected chi connectivity index (χ4v) is 1.95. The molecule has 4 heteroatoms. The van der Waals surface area contributed by atoms with Crippen LogP contribution in [0.15, 0.2) is 41.0 Å². The molecule has 1 N–H and O–H groups in total. The molecule has 1 amide bonds. The Morgan fingerprint density at radius 1 is 1.22 bits per heavy atom. The number of carbonyl (C=O) groups excluding carboxylic acids is 1. The molecular weight excluding hydrogens is 292 g/mol. The van der Waals surface area contributed by atoms with Gasteiger partial charge in [-0.25, -0.2) is 4.98 Å². The van der Waals surface area contributed by atoms with Gasteiger partial charge in [-0.15, -0.1) is 0 Å². The van der Waals surface area contributed by atoms with Crippen LogP contribution in [0.1, 0.15) is 21.5 Å². The fraction of sp³-hybridized carbons (Fsp3) is 0.143. The van der Waals surface area contributed by atoms with Gasteiger partial charge in [0.1, 0.15) is 5.82 Å². The minimum atomic E-state index is -0.148. The van der Waals surface area contributed by atoms with Gasteiger partial charge in [0.05, 0.1) is 0 Å². The van der Waals surface area contributed by atoms with E-state index in [1.807, 2.05) is 32.0 Å². The fourth-order valence-electron chi connectivity index (χ4n) is 1.58. The number of nitrogens with zero attached hydrogens (tertiary/aromatic N) is 1. The van der Waals surface area contributed by atoms with Crippen molar-refractivity contribution in [1.82, 2.24) is 4.98 Å². The molecule has 1 aromatic heterocycles. The summed E-state index contributed by atoms with van der Waals surface area (Å²) in [6.07, 6.45) is 1.73. The highest BCUT2D eigenvalue weighted by molar-refractivity contribution is 9.10. The molecule has 0 atom stereocenters. The van der Waals surface area contributed by atoms with Crippen LogP contribution in [0.4, 0.5) is 5.82 Å². The van der Waals surface area contributed by atoms with E-state index in [-0.39, 0.29) is 5.91 Å². The highest BCUT2D eigenvalue weighted by atomic mass is 79.9. The maximum atomic E-state index is 12.1. The zero-order valence-electron chi connectivity index (χ0n) is 10.2. The molecule has 0 saturated heterocycles. The number of aromatic nitrogens is 1. The zero-order valence-corrected chi connectivity index (χ0v) is 11.8. The van der Waals surface area contributed by atoms with Crippen molar-refractivity contribution in [3.8, 4) is 0 Å². The molecule has 0 radical (unpaired) electrons. The van der Waals surface area contributed by atoms with Crippen LogP contribution in [-0.2, 0) is 0 Å². The predicted molar refractivity (Wildman–Crippen MR) is 75.8 cm³/mol. The number of benzene rings is 1. The smallest absolute Gasteiger partial charge is 0.257 e. The van der Waals surface area contributed by atoms with Crippen molar-refractivity contribution in [3.63, 3.8) is 0 Å². The molecule has 0 unspecified atom stereocenters. The van der Waals surface area contributed by atoms with Gasteiger partial charge in [0, 0.05) is 16.2 Å². The van der Waals surface area contributed by atoms with E-state index in [2.05, 4.69) is 26.2 Å². The molecule has 0 saturated carbocycles. The summed E-state index contributed by atoms with van der Waals surface area (Å²) in [6.45, 7) is 3.86. The van der Waals surface area contributed by atoms with E-state index in [0.717, 1.165) is 15.6 Å². The Balaban J connectivity index is 2.22. The number of anilines is 1. The SMILES string of the molecule is Cc1ccc(NC(=O)c2cccc(Br)c2C)nc1. The quantitative estimate of drug-likeness (QED) is 0.919. The maximum Gasteiger partial charge on any atom is 0.257 e. The molecule has 3 nitrogen and oxygen atoms in total. The number of hydrogen-bond acceptors (Lipinski definition) is 2. The third-order valence-electron chi connectivity index (χ3n) is 2.67. The zero-order chi connectivity index (χ0) is 13.1. The number of pyridine rings is 1. The average Bonchev–Trinajstić information content (AvgIpc) is 2.35.